The minimum Gasteiger partial charge on any atom is -0.512 e. The summed E-state index contributed by atoms with van der Waals surface area (Å²) in [6, 6.07) is 0. The van der Waals surface area contributed by atoms with Gasteiger partial charge in [0.25, 0.3) is 18.1 Å². The van der Waals surface area contributed by atoms with Crippen molar-refractivity contribution in [2.24, 2.45) is 0 Å². The third-order valence-electron chi connectivity index (χ3n) is 5.25. The fourth-order valence-corrected chi connectivity index (χ4v) is 47.6. The van der Waals surface area contributed by atoms with Crippen molar-refractivity contribution >= 4 is 62.3 Å². The second-order valence-corrected chi connectivity index (χ2v) is 42.0. The Bertz CT molecular complexity index is 651. The first kappa shape index (κ1) is 42.2. The largest absolute Gasteiger partial charge is 0.512 e. The molecule has 0 N–H and O–H groups in total. The van der Waals surface area contributed by atoms with Gasteiger partial charge in [0.2, 0.25) is 0 Å². The summed E-state index contributed by atoms with van der Waals surface area (Å²) in [7, 11) is -10.1. The van der Waals surface area contributed by atoms with E-state index in [9.17, 15) is 35.9 Å². The van der Waals surface area contributed by atoms with Crippen LogP contribution in [0.25, 0.3) is 0 Å². The Hall–Kier alpha value is 0.756. The molecular weight excluding hydrogens is 787 g/mol. The Balaban J connectivity index is -0.000000608. The zero-order valence-electron chi connectivity index (χ0n) is 24.8. The van der Waals surface area contributed by atoms with Crippen LogP contribution in [0.2, 0.25) is 101 Å². The summed E-state index contributed by atoms with van der Waals surface area (Å²) in [4.78, 5) is 22.3. The molecule has 0 spiro atoms. The molecule has 0 rings (SSSR count). The molecule has 0 aliphatic carbocycles. The summed E-state index contributed by atoms with van der Waals surface area (Å²) in [5.41, 5.74) is 0. The number of rotatable bonds is 8. The first-order valence-corrected chi connectivity index (χ1v) is 29.9. The summed E-state index contributed by atoms with van der Waals surface area (Å²) >= 11 is 0. The Morgan fingerprint density at radius 2 is 0.703 bits per heavy atom. The molecule has 4 nitrogen and oxygen atoms in total. The van der Waals surface area contributed by atoms with Crippen molar-refractivity contribution in [1.29, 1.82) is 0 Å². The Kier molecular flexibility index (Phi) is 16.6. The molecule has 0 aromatic heterocycles. The van der Waals surface area contributed by atoms with E-state index in [2.05, 4.69) is 78.6 Å². The van der Waals surface area contributed by atoms with Gasteiger partial charge in [-0.15, -0.1) is 0 Å². The van der Waals surface area contributed by atoms with E-state index in [0.717, 1.165) is 0 Å². The van der Waals surface area contributed by atoms with Gasteiger partial charge in [0, 0.05) is 60.0 Å². The van der Waals surface area contributed by atoms with Crippen LogP contribution in [-0.4, -0.2) is 74.7 Å². The molecule has 0 bridgehead atoms. The summed E-state index contributed by atoms with van der Waals surface area (Å²) in [6.07, 6.45) is -9.76. The van der Waals surface area contributed by atoms with Crippen molar-refractivity contribution in [3.05, 3.63) is 0 Å². The maximum absolute atomic E-state index is 12.2. The molecular formula is C20H44F6HgO4Si6. The van der Waals surface area contributed by atoms with E-state index < -0.39 is 74.7 Å². The number of hydrogen-bond acceptors (Lipinski definition) is 4. The average molecular weight is 832 g/mol. The molecule has 2 radical (unpaired) electrons. The van der Waals surface area contributed by atoms with Crippen molar-refractivity contribution < 1.29 is 72.5 Å². The van der Waals surface area contributed by atoms with Gasteiger partial charge in [-0.3, -0.25) is 0 Å². The van der Waals surface area contributed by atoms with E-state index in [4.69, 9.17) is 8.85 Å². The molecule has 216 valence electrons. The molecule has 0 unspecified atom stereocenters. The summed E-state index contributed by atoms with van der Waals surface area (Å²) in [5.74, 6) is -4.05. The molecule has 0 heterocycles. The van der Waals surface area contributed by atoms with Gasteiger partial charge < -0.3 is 8.85 Å². The molecule has 0 aromatic rings. The summed E-state index contributed by atoms with van der Waals surface area (Å²) in [6.45, 7) is 28.9. The van der Waals surface area contributed by atoms with Crippen LogP contribution in [0, 0.1) is 0 Å². The van der Waals surface area contributed by atoms with Gasteiger partial charge >= 0.3 is 24.3 Å². The third-order valence-corrected chi connectivity index (χ3v) is 40.5. The van der Waals surface area contributed by atoms with Crippen LogP contribution in [-0.2, 0) is 46.1 Å². The fraction of sp³-hybridized carbons (Fsp3) is 0.900. The first-order valence-electron chi connectivity index (χ1n) is 11.6. The molecule has 37 heavy (non-hydrogen) atoms. The molecule has 0 aliphatic heterocycles. The predicted octanol–water partition coefficient (Wildman–Crippen LogP) is 7.67. The van der Waals surface area contributed by atoms with Crippen molar-refractivity contribution in [3.8, 4) is 0 Å². The van der Waals surface area contributed by atoms with Gasteiger partial charge in [-0.2, -0.15) is 26.3 Å². The van der Waals surface area contributed by atoms with Crippen molar-refractivity contribution in [3.63, 3.8) is 0 Å². The van der Waals surface area contributed by atoms with Gasteiger partial charge in [-0.1, -0.05) is 78.6 Å². The Morgan fingerprint density at radius 3 is 0.811 bits per heavy atom. The molecule has 0 saturated heterocycles. The maximum atomic E-state index is 12.2. The number of hydrogen-bond donors (Lipinski definition) is 0. The topological polar surface area (TPSA) is 52.6 Å². The quantitative estimate of drug-likeness (QED) is 0.186. The van der Waals surface area contributed by atoms with Gasteiger partial charge in [0.15, 0.2) is 0 Å². The van der Waals surface area contributed by atoms with E-state index in [1.54, 1.807) is 13.1 Å². The first-order chi connectivity index (χ1) is 15.3. The second-order valence-electron chi connectivity index (χ2n) is 13.3. The van der Waals surface area contributed by atoms with E-state index in [-0.39, 0.29) is 37.2 Å². The second kappa shape index (κ2) is 14.6. The Labute approximate surface area is 247 Å². The fourth-order valence-electron chi connectivity index (χ4n) is 5.56. The Morgan fingerprint density at radius 1 is 0.541 bits per heavy atom. The molecule has 0 saturated carbocycles. The van der Waals surface area contributed by atoms with E-state index in [0.29, 0.717) is 0 Å². The molecule has 0 amide bonds. The summed E-state index contributed by atoms with van der Waals surface area (Å²) in [5, 5.41) is 0. The van der Waals surface area contributed by atoms with Crippen LogP contribution >= 0.6 is 0 Å². The number of alkyl halides is 6. The van der Waals surface area contributed by atoms with Gasteiger partial charge in [0.05, 0.1) is 0 Å². The van der Waals surface area contributed by atoms with Crippen LogP contribution < -0.4 is 0 Å². The maximum Gasteiger partial charge on any atom is 0.489 e. The van der Waals surface area contributed by atoms with Gasteiger partial charge in [0.1, 0.15) is 0 Å². The van der Waals surface area contributed by atoms with Crippen LogP contribution in [0.1, 0.15) is 0 Å². The minimum atomic E-state index is -4.88. The average Bonchev–Trinajstić information content (AvgIpc) is 2.46. The van der Waals surface area contributed by atoms with Crippen LogP contribution in [0.15, 0.2) is 0 Å². The van der Waals surface area contributed by atoms with Crippen LogP contribution in [0.3, 0.4) is 0 Å². The van der Waals surface area contributed by atoms with Crippen molar-refractivity contribution in [2.75, 3.05) is 0 Å². The van der Waals surface area contributed by atoms with Crippen molar-refractivity contribution in [1.82, 2.24) is 0 Å². The monoisotopic (exact) mass is 832 g/mol. The van der Waals surface area contributed by atoms with E-state index in [1.807, 2.05) is 0 Å². The number of halogens is 6. The zero-order valence-corrected chi connectivity index (χ0v) is 36.3. The smallest absolute Gasteiger partial charge is 0.489 e. The van der Waals surface area contributed by atoms with Gasteiger partial charge in [-0.05, 0) is 22.7 Å². The van der Waals surface area contributed by atoms with Crippen LogP contribution in [0.4, 0.5) is 26.3 Å². The standard InChI is InChI=1S/2C10H22F3O2Si3.Hg/c2*1-16(15-8(14)10(11,12)13)9(17(2,3)4)18(5,6)7;/h2*9H,1-7H3;. The molecule has 0 aromatic carbocycles. The van der Waals surface area contributed by atoms with Crippen molar-refractivity contribution in [2.45, 2.75) is 114 Å². The van der Waals surface area contributed by atoms with E-state index >= 15 is 0 Å². The number of carbonyl (C=O) groups is 2. The predicted molar refractivity (Wildman–Crippen MR) is 148 cm³/mol. The van der Waals surface area contributed by atoms with Crippen LogP contribution in [0.5, 0.6) is 0 Å². The zero-order chi connectivity index (χ0) is 29.9. The molecule has 17 heteroatoms. The van der Waals surface area contributed by atoms with E-state index in [1.165, 1.54) is 0 Å². The molecule has 0 aliphatic rings. The summed E-state index contributed by atoms with van der Waals surface area (Å²) < 4.78 is 82.9. The SMILES string of the molecule is C[Si](OC(=O)C(F)(F)F)C([Si](C)(C)C)[Si](C)(C)C.C[Si](OC(=O)C(F)(F)F)C([Si](C)(C)C)[Si](C)(C)C.[Hg]. The number of carbonyl (C=O) groups excluding carboxylic acids is 2. The molecule has 0 atom stereocenters. The van der Waals surface area contributed by atoms with Gasteiger partial charge in [-0.25, -0.2) is 9.59 Å². The third kappa shape index (κ3) is 16.0. The molecule has 0 fully saturated rings. The minimum absolute atomic E-state index is 0. The normalized spacial score (nSPS) is 13.8.